The summed E-state index contributed by atoms with van der Waals surface area (Å²) in [5.41, 5.74) is -0.211. The number of rotatable bonds is 6. The number of fused-ring (bicyclic) bond motifs is 1. The Morgan fingerprint density at radius 2 is 2.25 bits per heavy atom. The Kier molecular flexibility index (Phi) is 2.99. The van der Waals surface area contributed by atoms with Gasteiger partial charge < -0.3 is 9.84 Å². The van der Waals surface area contributed by atoms with Crippen LogP contribution in [-0.2, 0) is 9.53 Å². The highest BCUT2D eigenvalue weighted by Gasteiger charge is 2.70. The second-order valence-corrected chi connectivity index (χ2v) is 5.62. The zero-order valence-corrected chi connectivity index (χ0v) is 10.3. The molecule has 3 atom stereocenters. The fourth-order valence-electron chi connectivity index (χ4n) is 3.44. The number of hydrogen-bond donors (Lipinski definition) is 1. The van der Waals surface area contributed by atoms with Crippen molar-refractivity contribution in [3.8, 4) is 0 Å². The molecule has 0 amide bonds. The summed E-state index contributed by atoms with van der Waals surface area (Å²) in [5, 5.41) is 9.01. The molecule has 0 bridgehead atoms. The summed E-state index contributed by atoms with van der Waals surface area (Å²) < 4.78 is 5.84. The largest absolute Gasteiger partial charge is 0.481 e. The molecule has 0 aromatic rings. The predicted molar refractivity (Wildman–Crippen MR) is 61.3 cm³/mol. The second kappa shape index (κ2) is 4.02. The van der Waals surface area contributed by atoms with Crippen molar-refractivity contribution in [2.45, 2.75) is 70.5 Å². The molecule has 2 rings (SSSR count). The summed E-state index contributed by atoms with van der Waals surface area (Å²) in [6.07, 6.45) is 7.32. The second-order valence-electron chi connectivity index (χ2n) is 5.62. The zero-order chi connectivity index (χ0) is 11.8. The maximum atomic E-state index is 10.9. The third-order valence-electron chi connectivity index (χ3n) is 4.49. The number of epoxide rings is 1. The van der Waals surface area contributed by atoms with Gasteiger partial charge in [0.25, 0.3) is 0 Å². The first-order chi connectivity index (χ1) is 7.54. The van der Waals surface area contributed by atoms with Crippen LogP contribution in [-0.4, -0.2) is 22.8 Å². The SMILES string of the molecule is CCCCC[C@@]12O[C@@H]1CC[C@]2(C)CC(=O)O. The molecule has 2 fully saturated rings. The van der Waals surface area contributed by atoms with Crippen molar-refractivity contribution in [2.75, 3.05) is 0 Å². The van der Waals surface area contributed by atoms with Gasteiger partial charge in [0.1, 0.15) is 5.60 Å². The van der Waals surface area contributed by atoms with Crippen molar-refractivity contribution in [2.24, 2.45) is 5.41 Å². The standard InChI is InChI=1S/C13H22O3/c1-3-4-5-7-13-10(16-13)6-8-12(13,2)9-11(14)15/h10H,3-9H2,1-2H3,(H,14,15)/t10-,12-,13-/m1/s1. The normalized spacial score (nSPS) is 40.8. The van der Waals surface area contributed by atoms with Crippen LogP contribution < -0.4 is 0 Å². The van der Waals surface area contributed by atoms with E-state index in [0.717, 1.165) is 19.3 Å². The van der Waals surface area contributed by atoms with Crippen molar-refractivity contribution in [1.82, 2.24) is 0 Å². The fraction of sp³-hybridized carbons (Fsp3) is 0.923. The first-order valence-corrected chi connectivity index (χ1v) is 6.44. The van der Waals surface area contributed by atoms with Gasteiger partial charge in [-0.3, -0.25) is 4.79 Å². The molecule has 1 heterocycles. The van der Waals surface area contributed by atoms with E-state index in [9.17, 15) is 4.79 Å². The molecule has 0 spiro atoms. The Balaban J connectivity index is 2.00. The number of ether oxygens (including phenoxy) is 1. The van der Waals surface area contributed by atoms with Crippen molar-refractivity contribution in [1.29, 1.82) is 0 Å². The molecule has 0 aromatic carbocycles. The molecule has 1 aliphatic heterocycles. The molecular weight excluding hydrogens is 204 g/mol. The molecule has 1 saturated carbocycles. The fourth-order valence-corrected chi connectivity index (χ4v) is 3.44. The molecule has 16 heavy (non-hydrogen) atoms. The van der Waals surface area contributed by atoms with E-state index in [0.29, 0.717) is 6.10 Å². The summed E-state index contributed by atoms with van der Waals surface area (Å²) in [6, 6.07) is 0. The summed E-state index contributed by atoms with van der Waals surface area (Å²) >= 11 is 0. The van der Waals surface area contributed by atoms with Crippen LogP contribution in [0.4, 0.5) is 0 Å². The van der Waals surface area contributed by atoms with E-state index in [1.807, 2.05) is 0 Å². The molecule has 3 heteroatoms. The van der Waals surface area contributed by atoms with Gasteiger partial charge in [-0.05, 0) is 19.3 Å². The number of carboxylic acid groups (broad SMARTS) is 1. The molecule has 2 aliphatic rings. The average molecular weight is 226 g/mol. The number of unbranched alkanes of at least 4 members (excludes halogenated alkanes) is 2. The topological polar surface area (TPSA) is 49.8 Å². The lowest BCUT2D eigenvalue weighted by Gasteiger charge is -2.31. The Hall–Kier alpha value is -0.570. The quantitative estimate of drug-likeness (QED) is 0.559. The van der Waals surface area contributed by atoms with Crippen LogP contribution >= 0.6 is 0 Å². The predicted octanol–water partition coefficient (Wildman–Crippen LogP) is 2.98. The van der Waals surface area contributed by atoms with Gasteiger partial charge >= 0.3 is 5.97 Å². The van der Waals surface area contributed by atoms with Crippen LogP contribution in [0.5, 0.6) is 0 Å². The van der Waals surface area contributed by atoms with Gasteiger partial charge in [-0.25, -0.2) is 0 Å². The van der Waals surface area contributed by atoms with Crippen LogP contribution in [0.2, 0.25) is 0 Å². The first-order valence-electron chi connectivity index (χ1n) is 6.44. The minimum Gasteiger partial charge on any atom is -0.481 e. The third-order valence-corrected chi connectivity index (χ3v) is 4.49. The molecule has 1 saturated heterocycles. The van der Waals surface area contributed by atoms with E-state index < -0.39 is 5.97 Å². The number of hydrogen-bond acceptors (Lipinski definition) is 2. The van der Waals surface area contributed by atoms with Crippen LogP contribution in [0.15, 0.2) is 0 Å². The van der Waals surface area contributed by atoms with Crippen LogP contribution in [0.25, 0.3) is 0 Å². The number of aliphatic carboxylic acids is 1. The van der Waals surface area contributed by atoms with E-state index in [4.69, 9.17) is 9.84 Å². The van der Waals surface area contributed by atoms with Crippen LogP contribution in [0.3, 0.4) is 0 Å². The lowest BCUT2D eigenvalue weighted by atomic mass is 9.73. The zero-order valence-electron chi connectivity index (χ0n) is 10.3. The van der Waals surface area contributed by atoms with Gasteiger partial charge in [0.15, 0.2) is 0 Å². The van der Waals surface area contributed by atoms with Gasteiger partial charge in [-0.2, -0.15) is 0 Å². The minimum absolute atomic E-state index is 0.0828. The van der Waals surface area contributed by atoms with Gasteiger partial charge in [-0.1, -0.05) is 33.1 Å². The maximum absolute atomic E-state index is 10.9. The van der Waals surface area contributed by atoms with E-state index in [1.54, 1.807) is 0 Å². The molecule has 0 aromatic heterocycles. The smallest absolute Gasteiger partial charge is 0.304 e. The van der Waals surface area contributed by atoms with Crippen molar-refractivity contribution >= 4 is 5.97 Å². The molecule has 0 radical (unpaired) electrons. The van der Waals surface area contributed by atoms with E-state index in [2.05, 4.69) is 13.8 Å². The molecular formula is C13H22O3. The molecule has 1 N–H and O–H groups in total. The third kappa shape index (κ3) is 1.75. The van der Waals surface area contributed by atoms with Crippen molar-refractivity contribution in [3.05, 3.63) is 0 Å². The lowest BCUT2D eigenvalue weighted by Crippen LogP contribution is -2.35. The average Bonchev–Trinajstić information content (AvgIpc) is 2.84. The molecule has 0 unspecified atom stereocenters. The monoisotopic (exact) mass is 226 g/mol. The maximum Gasteiger partial charge on any atom is 0.304 e. The van der Waals surface area contributed by atoms with E-state index in [-0.39, 0.29) is 17.4 Å². The Morgan fingerprint density at radius 1 is 1.50 bits per heavy atom. The molecule has 1 aliphatic carbocycles. The van der Waals surface area contributed by atoms with Crippen molar-refractivity contribution < 1.29 is 14.6 Å². The van der Waals surface area contributed by atoms with Crippen LogP contribution in [0, 0.1) is 5.41 Å². The van der Waals surface area contributed by atoms with Gasteiger partial charge in [0, 0.05) is 5.41 Å². The minimum atomic E-state index is -0.687. The summed E-state index contributed by atoms with van der Waals surface area (Å²) in [7, 11) is 0. The Morgan fingerprint density at radius 3 is 2.81 bits per heavy atom. The Bertz CT molecular complexity index is 289. The van der Waals surface area contributed by atoms with Crippen LogP contribution in [0.1, 0.15) is 58.8 Å². The highest BCUT2D eigenvalue weighted by Crippen LogP contribution is 2.64. The van der Waals surface area contributed by atoms with E-state index in [1.165, 1.54) is 19.3 Å². The molecule has 3 nitrogen and oxygen atoms in total. The lowest BCUT2D eigenvalue weighted by molar-refractivity contribution is -0.141. The van der Waals surface area contributed by atoms with E-state index >= 15 is 0 Å². The highest BCUT2D eigenvalue weighted by molar-refractivity contribution is 5.68. The first kappa shape index (κ1) is 11.9. The van der Waals surface area contributed by atoms with Gasteiger partial charge in [0.05, 0.1) is 12.5 Å². The molecule has 92 valence electrons. The summed E-state index contributed by atoms with van der Waals surface area (Å²) in [5.74, 6) is -0.687. The Labute approximate surface area is 97.2 Å². The highest BCUT2D eigenvalue weighted by atomic mass is 16.6. The number of carbonyl (C=O) groups is 1. The van der Waals surface area contributed by atoms with Crippen molar-refractivity contribution in [3.63, 3.8) is 0 Å². The van der Waals surface area contributed by atoms with Gasteiger partial charge in [-0.15, -0.1) is 0 Å². The summed E-state index contributed by atoms with van der Waals surface area (Å²) in [4.78, 5) is 10.9. The summed E-state index contributed by atoms with van der Waals surface area (Å²) in [6.45, 7) is 4.29. The van der Waals surface area contributed by atoms with Gasteiger partial charge in [0.2, 0.25) is 0 Å². The number of carboxylic acids is 1.